The van der Waals surface area contributed by atoms with Crippen molar-refractivity contribution in [2.75, 3.05) is 13.1 Å². The fourth-order valence-electron chi connectivity index (χ4n) is 4.31. The van der Waals surface area contributed by atoms with Crippen LogP contribution < -0.4 is 11.1 Å². The van der Waals surface area contributed by atoms with Gasteiger partial charge in [-0.15, -0.1) is 24.2 Å². The van der Waals surface area contributed by atoms with Gasteiger partial charge in [0.1, 0.15) is 5.70 Å². The molecule has 0 aliphatic carbocycles. The van der Waals surface area contributed by atoms with Crippen LogP contribution in [0.1, 0.15) is 33.1 Å². The van der Waals surface area contributed by atoms with Gasteiger partial charge in [-0.2, -0.15) is 0 Å². The molecule has 0 aromatic carbocycles. The number of fused-ring (bicyclic) bond motifs is 1. The first kappa shape index (κ1) is 21.5. The quantitative estimate of drug-likeness (QED) is 0.462. The molecular formula is C17H28ClN3O4S. The molecule has 0 saturated carbocycles. The maximum atomic E-state index is 12.3. The number of nitrogens with one attached hydrogen (secondary N) is 1. The number of aliphatic carboxylic acids is 1. The van der Waals surface area contributed by atoms with Gasteiger partial charge < -0.3 is 26.2 Å². The topological polar surface area (TPSA) is 116 Å². The maximum absolute atomic E-state index is 12.3. The van der Waals surface area contributed by atoms with E-state index in [0.29, 0.717) is 17.8 Å². The Morgan fingerprint density at radius 1 is 1.50 bits per heavy atom. The molecule has 0 radical (unpaired) electrons. The molecule has 5 N–H and O–H groups in total. The van der Waals surface area contributed by atoms with Gasteiger partial charge in [0, 0.05) is 28.7 Å². The number of β-lactam (4-membered cyclic amide) rings is 1. The lowest BCUT2D eigenvalue weighted by Crippen LogP contribution is -2.63. The molecule has 26 heavy (non-hydrogen) atoms. The summed E-state index contributed by atoms with van der Waals surface area (Å²) in [6.07, 6.45) is 2.23. The molecule has 0 spiro atoms. The van der Waals surface area contributed by atoms with Gasteiger partial charge in [0.25, 0.3) is 0 Å². The predicted molar refractivity (Wildman–Crippen MR) is 103 cm³/mol. The lowest BCUT2D eigenvalue weighted by molar-refractivity contribution is -0.163. The summed E-state index contributed by atoms with van der Waals surface area (Å²) in [7, 11) is 0. The number of carboxylic acids is 1. The van der Waals surface area contributed by atoms with Crippen molar-refractivity contribution >= 4 is 36.0 Å². The van der Waals surface area contributed by atoms with E-state index in [9.17, 15) is 19.8 Å². The summed E-state index contributed by atoms with van der Waals surface area (Å²) < 4.78 is 0. The smallest absolute Gasteiger partial charge is 0.353 e. The zero-order valence-corrected chi connectivity index (χ0v) is 16.7. The molecule has 3 heterocycles. The minimum absolute atomic E-state index is 0. The number of carbonyl (C=O) groups excluding carboxylic acids is 1. The van der Waals surface area contributed by atoms with Crippen LogP contribution in [0.5, 0.6) is 0 Å². The number of rotatable bonds is 7. The van der Waals surface area contributed by atoms with Crippen molar-refractivity contribution in [1.82, 2.24) is 10.2 Å². The van der Waals surface area contributed by atoms with Gasteiger partial charge in [-0.3, -0.25) is 4.79 Å². The molecule has 0 aromatic heterocycles. The fraction of sp³-hybridized carbons (Fsp3) is 0.765. The number of nitrogens with two attached hydrogens (primary N) is 1. The highest BCUT2D eigenvalue weighted by Crippen LogP contribution is 2.51. The number of carbonyl (C=O) groups is 2. The summed E-state index contributed by atoms with van der Waals surface area (Å²) in [5.41, 5.74) is 5.69. The van der Waals surface area contributed by atoms with E-state index in [1.165, 1.54) is 4.90 Å². The predicted octanol–water partition coefficient (Wildman–Crippen LogP) is 0.764. The third-order valence-electron chi connectivity index (χ3n) is 5.54. The fourth-order valence-corrected chi connectivity index (χ4v) is 5.83. The minimum atomic E-state index is -1.06. The molecule has 0 unspecified atom stereocenters. The van der Waals surface area contributed by atoms with E-state index in [0.717, 1.165) is 30.7 Å². The van der Waals surface area contributed by atoms with Crippen LogP contribution in [0, 0.1) is 11.8 Å². The molecule has 6 atom stereocenters. The minimum Gasteiger partial charge on any atom is -0.477 e. The summed E-state index contributed by atoms with van der Waals surface area (Å²) in [5, 5.41) is 23.3. The van der Waals surface area contributed by atoms with E-state index in [1.54, 1.807) is 18.7 Å². The number of nitrogens with zero attached hydrogens (tertiary/aromatic N) is 1. The second kappa shape index (κ2) is 8.48. The SMILES string of the molecule is C[C@@H](O)[C@H]1C(=O)N2C(C(=O)O)=C(S[C@@H]3CN[C@H](CCCN)C3)[C@H](C)[C@H]12.Cl. The van der Waals surface area contributed by atoms with Crippen molar-refractivity contribution in [1.29, 1.82) is 0 Å². The van der Waals surface area contributed by atoms with E-state index in [4.69, 9.17) is 5.73 Å². The molecule has 3 aliphatic rings. The first-order valence-corrected chi connectivity index (χ1v) is 9.83. The molecule has 0 aromatic rings. The number of hydrogen-bond donors (Lipinski definition) is 4. The molecule has 9 heteroatoms. The third-order valence-corrected chi connectivity index (χ3v) is 7.05. The van der Waals surface area contributed by atoms with E-state index < -0.39 is 18.0 Å². The van der Waals surface area contributed by atoms with Gasteiger partial charge >= 0.3 is 5.97 Å². The van der Waals surface area contributed by atoms with Crippen molar-refractivity contribution in [2.45, 2.75) is 56.5 Å². The Morgan fingerprint density at radius 3 is 2.77 bits per heavy atom. The van der Waals surface area contributed by atoms with Gasteiger partial charge in [-0.05, 0) is 32.7 Å². The van der Waals surface area contributed by atoms with E-state index >= 15 is 0 Å². The lowest BCUT2D eigenvalue weighted by atomic mass is 9.79. The first-order chi connectivity index (χ1) is 11.9. The molecule has 7 nitrogen and oxygen atoms in total. The number of aliphatic hydroxyl groups excluding tert-OH is 1. The number of aliphatic hydroxyl groups is 1. The highest BCUT2D eigenvalue weighted by Gasteiger charge is 2.60. The number of halogens is 1. The second-order valence-electron chi connectivity index (χ2n) is 7.28. The Labute approximate surface area is 164 Å². The summed E-state index contributed by atoms with van der Waals surface area (Å²) >= 11 is 1.59. The van der Waals surface area contributed by atoms with Crippen LogP contribution in [-0.2, 0) is 9.59 Å². The van der Waals surface area contributed by atoms with Gasteiger partial charge in [0.05, 0.1) is 18.1 Å². The average Bonchev–Trinajstić information content (AvgIpc) is 3.08. The van der Waals surface area contributed by atoms with Crippen LogP contribution in [0.3, 0.4) is 0 Å². The Bertz CT molecular complexity index is 601. The summed E-state index contributed by atoms with van der Waals surface area (Å²) in [4.78, 5) is 26.3. The van der Waals surface area contributed by atoms with Crippen molar-refractivity contribution in [3.05, 3.63) is 10.6 Å². The summed E-state index contributed by atoms with van der Waals surface area (Å²) in [6, 6.07) is 0.194. The monoisotopic (exact) mass is 405 g/mol. The average molecular weight is 406 g/mol. The lowest BCUT2D eigenvalue weighted by Gasteiger charge is -2.46. The Hall–Kier alpha value is -0.800. The number of hydrogen-bond acceptors (Lipinski definition) is 6. The van der Waals surface area contributed by atoms with Crippen molar-refractivity contribution in [3.8, 4) is 0 Å². The van der Waals surface area contributed by atoms with Crippen LogP contribution in [-0.4, -0.2) is 63.5 Å². The van der Waals surface area contributed by atoms with Gasteiger partial charge in [-0.25, -0.2) is 4.79 Å². The van der Waals surface area contributed by atoms with Crippen LogP contribution >= 0.6 is 24.2 Å². The highest BCUT2D eigenvalue weighted by atomic mass is 35.5. The van der Waals surface area contributed by atoms with Crippen LogP contribution in [0.15, 0.2) is 10.6 Å². The number of thioether (sulfide) groups is 1. The molecule has 3 rings (SSSR count). The zero-order chi connectivity index (χ0) is 18.3. The van der Waals surface area contributed by atoms with Crippen molar-refractivity contribution in [3.63, 3.8) is 0 Å². The van der Waals surface area contributed by atoms with Crippen molar-refractivity contribution in [2.24, 2.45) is 17.6 Å². The first-order valence-electron chi connectivity index (χ1n) is 8.95. The Kier molecular flexibility index (Phi) is 7.01. The van der Waals surface area contributed by atoms with Gasteiger partial charge in [-0.1, -0.05) is 6.92 Å². The number of amides is 1. The van der Waals surface area contributed by atoms with Gasteiger partial charge in [0.2, 0.25) is 5.91 Å². The molecule has 148 valence electrons. The van der Waals surface area contributed by atoms with Crippen LogP contribution in [0.2, 0.25) is 0 Å². The molecule has 0 bridgehead atoms. The van der Waals surface area contributed by atoms with Crippen molar-refractivity contribution < 1.29 is 19.8 Å². The molecular weight excluding hydrogens is 378 g/mol. The zero-order valence-electron chi connectivity index (χ0n) is 15.1. The summed E-state index contributed by atoms with van der Waals surface area (Å²) in [5.74, 6) is -1.89. The van der Waals surface area contributed by atoms with Crippen LogP contribution in [0.4, 0.5) is 0 Å². The molecule has 3 aliphatic heterocycles. The third kappa shape index (κ3) is 3.62. The molecule has 2 fully saturated rings. The van der Waals surface area contributed by atoms with E-state index in [1.807, 2.05) is 6.92 Å². The van der Waals surface area contributed by atoms with Crippen LogP contribution in [0.25, 0.3) is 0 Å². The Morgan fingerprint density at radius 2 is 2.19 bits per heavy atom. The molecule has 1 amide bonds. The Balaban J connectivity index is 0.00000243. The standard InChI is InChI=1S/C17H27N3O4S.ClH/c1-8-13-12(9(2)21)16(22)20(13)14(17(23)24)15(8)25-11-6-10(19-7-11)4-3-5-18;/h8-13,19,21H,3-7,18H2,1-2H3,(H,23,24);1H/t8-,9-,10-,11+,12-,13-;/m1./s1. The van der Waals surface area contributed by atoms with E-state index in [-0.39, 0.29) is 36.0 Å². The summed E-state index contributed by atoms with van der Waals surface area (Å²) in [6.45, 7) is 5.08. The normalized spacial score (nSPS) is 34.4. The second-order valence-corrected chi connectivity index (χ2v) is 8.63. The number of carboxylic acid groups (broad SMARTS) is 1. The largest absolute Gasteiger partial charge is 0.477 e. The highest BCUT2D eigenvalue weighted by molar-refractivity contribution is 8.03. The maximum Gasteiger partial charge on any atom is 0.353 e. The van der Waals surface area contributed by atoms with E-state index in [2.05, 4.69) is 5.32 Å². The molecule has 2 saturated heterocycles. The van der Waals surface area contributed by atoms with Gasteiger partial charge in [0.15, 0.2) is 0 Å².